The van der Waals surface area contributed by atoms with Gasteiger partial charge < -0.3 is 21.7 Å². The zero-order valence-electron chi connectivity index (χ0n) is 16.3. The van der Waals surface area contributed by atoms with Crippen molar-refractivity contribution in [3.63, 3.8) is 0 Å². The van der Waals surface area contributed by atoms with Gasteiger partial charge in [0, 0.05) is 12.6 Å². The predicted octanol–water partition coefficient (Wildman–Crippen LogP) is 2.81. The number of nitrogens with one attached hydrogen (secondary N) is 3. The number of nitrogens with two attached hydrogens (primary N) is 1. The zero-order valence-corrected chi connectivity index (χ0v) is 16.3. The first-order valence-corrected chi connectivity index (χ1v) is 9.36. The van der Waals surface area contributed by atoms with Gasteiger partial charge in [0.15, 0.2) is 0 Å². The first kappa shape index (κ1) is 19.0. The smallest absolute Gasteiger partial charge is 0.319 e. The number of amides is 3. The van der Waals surface area contributed by atoms with E-state index in [-0.39, 0.29) is 17.5 Å². The molecule has 0 radical (unpaired) electrons. The molecule has 3 amide bonds. The van der Waals surface area contributed by atoms with Gasteiger partial charge in [-0.05, 0) is 37.2 Å². The Bertz CT molecular complexity index is 872. The number of aromatic nitrogens is 2. The first-order chi connectivity index (χ1) is 12.7. The molecule has 2 atom stereocenters. The van der Waals surface area contributed by atoms with Gasteiger partial charge in [-0.3, -0.25) is 4.79 Å². The maximum Gasteiger partial charge on any atom is 0.319 e. The highest BCUT2D eigenvalue weighted by molar-refractivity contribution is 6.02. The molecule has 1 fully saturated rings. The minimum atomic E-state index is -0.532. The van der Waals surface area contributed by atoms with E-state index < -0.39 is 5.91 Å². The second-order valence-corrected chi connectivity index (χ2v) is 7.84. The van der Waals surface area contributed by atoms with Crippen LogP contribution in [0.2, 0.25) is 0 Å². The minimum Gasteiger partial charge on any atom is -0.379 e. The molecule has 146 valence electrons. The van der Waals surface area contributed by atoms with E-state index in [4.69, 9.17) is 5.73 Å². The highest BCUT2D eigenvalue weighted by Crippen LogP contribution is 2.44. The Morgan fingerprint density at radius 2 is 2.11 bits per heavy atom. The lowest BCUT2D eigenvalue weighted by molar-refractivity contribution is 0.100. The molecule has 0 bridgehead atoms. The summed E-state index contributed by atoms with van der Waals surface area (Å²) in [6.45, 7) is 9.12. The van der Waals surface area contributed by atoms with Crippen LogP contribution in [0.15, 0.2) is 18.5 Å². The van der Waals surface area contributed by atoms with Gasteiger partial charge in [0.05, 0.1) is 34.8 Å². The van der Waals surface area contributed by atoms with Gasteiger partial charge in [0.2, 0.25) is 0 Å². The van der Waals surface area contributed by atoms with Crippen molar-refractivity contribution in [2.24, 2.45) is 17.1 Å². The summed E-state index contributed by atoms with van der Waals surface area (Å²) in [6.07, 6.45) is 5.33. The van der Waals surface area contributed by atoms with E-state index in [2.05, 4.69) is 41.8 Å². The summed E-state index contributed by atoms with van der Waals surface area (Å²) in [5.74, 6) is 0.0439. The Morgan fingerprint density at radius 3 is 2.70 bits per heavy atom. The number of hydrogen-bond acceptors (Lipinski definition) is 4. The number of carbonyl (C=O) groups is 2. The number of carbonyl (C=O) groups excluding carboxylic acids is 2. The molecular formula is C19H28N6O2. The summed E-state index contributed by atoms with van der Waals surface area (Å²) in [7, 11) is 0. The van der Waals surface area contributed by atoms with Crippen LogP contribution in [0.1, 0.15) is 50.9 Å². The highest BCUT2D eigenvalue weighted by Gasteiger charge is 2.41. The number of primary amides is 1. The molecule has 5 N–H and O–H groups in total. The van der Waals surface area contributed by atoms with Crippen molar-refractivity contribution in [2.75, 3.05) is 17.2 Å². The largest absolute Gasteiger partial charge is 0.379 e. The van der Waals surface area contributed by atoms with Crippen molar-refractivity contribution in [3.05, 3.63) is 24.0 Å². The van der Waals surface area contributed by atoms with Crippen molar-refractivity contribution in [2.45, 2.75) is 46.6 Å². The molecule has 2 aromatic rings. The van der Waals surface area contributed by atoms with Gasteiger partial charge in [-0.2, -0.15) is 5.10 Å². The second kappa shape index (κ2) is 7.09. The fourth-order valence-corrected chi connectivity index (χ4v) is 3.74. The van der Waals surface area contributed by atoms with Crippen molar-refractivity contribution < 1.29 is 9.59 Å². The van der Waals surface area contributed by atoms with Crippen molar-refractivity contribution in [3.8, 4) is 0 Å². The Balaban J connectivity index is 2.00. The molecule has 1 aliphatic rings. The Hall–Kier alpha value is -2.77. The van der Waals surface area contributed by atoms with Crippen LogP contribution in [-0.4, -0.2) is 34.1 Å². The maximum absolute atomic E-state index is 12.0. The van der Waals surface area contributed by atoms with Gasteiger partial charge in [-0.1, -0.05) is 20.8 Å². The van der Waals surface area contributed by atoms with Gasteiger partial charge in [0.1, 0.15) is 0 Å². The first-order valence-electron chi connectivity index (χ1n) is 9.36. The monoisotopic (exact) mass is 372 g/mol. The van der Waals surface area contributed by atoms with E-state index in [1.807, 2.05) is 6.92 Å². The summed E-state index contributed by atoms with van der Waals surface area (Å²) in [4.78, 5) is 23.8. The number of rotatable bonds is 5. The van der Waals surface area contributed by atoms with Crippen molar-refractivity contribution >= 4 is 28.8 Å². The highest BCUT2D eigenvalue weighted by atomic mass is 16.2. The van der Waals surface area contributed by atoms with Crippen LogP contribution >= 0.6 is 0 Å². The third-order valence-electron chi connectivity index (χ3n) is 5.87. The lowest BCUT2D eigenvalue weighted by atomic mass is 9.80. The molecule has 0 spiro atoms. The number of fused-ring (bicyclic) bond motifs is 1. The standard InChI is InChI=1S/C19H28N6O2/c1-5-21-18(27)23-12-8-14-16(13(17(20)26)9-22-25(14)10-12)24-15-7-6-11(2)19(15,3)4/h8-11,15,24H,5-7H2,1-4H3,(H2,20,26)(H2,21,23,27)/t11-,15+/m0/s1. The van der Waals surface area contributed by atoms with Gasteiger partial charge >= 0.3 is 6.03 Å². The van der Waals surface area contributed by atoms with Crippen LogP contribution in [0, 0.1) is 11.3 Å². The number of urea groups is 1. The van der Waals surface area contributed by atoms with Crippen LogP contribution in [0.3, 0.4) is 0 Å². The van der Waals surface area contributed by atoms with E-state index in [9.17, 15) is 9.59 Å². The van der Waals surface area contributed by atoms with E-state index in [0.717, 1.165) is 12.8 Å². The molecule has 0 aliphatic heterocycles. The minimum absolute atomic E-state index is 0.0872. The summed E-state index contributed by atoms with van der Waals surface area (Å²) in [5.41, 5.74) is 7.99. The van der Waals surface area contributed by atoms with Gasteiger partial charge in [0.25, 0.3) is 5.91 Å². The SMILES string of the molecule is CCNC(=O)Nc1cc2c(N[C@@H]3CC[C@H](C)C3(C)C)c(C(N)=O)cnn2c1. The average molecular weight is 372 g/mol. The summed E-state index contributed by atoms with van der Waals surface area (Å²) in [6, 6.07) is 1.72. The molecule has 1 aliphatic carbocycles. The Labute approximate surface area is 158 Å². The molecule has 8 heteroatoms. The Morgan fingerprint density at radius 1 is 1.37 bits per heavy atom. The molecule has 0 unspecified atom stereocenters. The summed E-state index contributed by atoms with van der Waals surface area (Å²) in [5, 5.41) is 13.3. The van der Waals surface area contributed by atoms with Gasteiger partial charge in [-0.25, -0.2) is 9.31 Å². The lowest BCUT2D eigenvalue weighted by Gasteiger charge is -2.33. The van der Waals surface area contributed by atoms with Crippen LogP contribution in [0.5, 0.6) is 0 Å². The van der Waals surface area contributed by atoms with Crippen LogP contribution in [0.4, 0.5) is 16.2 Å². The molecule has 0 saturated heterocycles. The van der Waals surface area contributed by atoms with Crippen LogP contribution in [0.25, 0.3) is 5.52 Å². The molecular weight excluding hydrogens is 344 g/mol. The lowest BCUT2D eigenvalue weighted by Crippen LogP contribution is -2.35. The normalized spacial score (nSPS) is 21.2. The number of nitrogens with zero attached hydrogens (tertiary/aromatic N) is 2. The fraction of sp³-hybridized carbons (Fsp3) is 0.526. The van der Waals surface area contributed by atoms with Crippen LogP contribution < -0.4 is 21.7 Å². The molecule has 1 saturated carbocycles. The molecule has 8 nitrogen and oxygen atoms in total. The van der Waals surface area contributed by atoms with E-state index in [1.54, 1.807) is 16.8 Å². The average Bonchev–Trinajstić information content (AvgIpc) is 3.10. The predicted molar refractivity (Wildman–Crippen MR) is 106 cm³/mol. The molecule has 2 aromatic heterocycles. The molecule has 27 heavy (non-hydrogen) atoms. The number of anilines is 2. The van der Waals surface area contributed by atoms with Crippen molar-refractivity contribution in [1.82, 2.24) is 14.9 Å². The quantitative estimate of drug-likeness (QED) is 0.646. The summed E-state index contributed by atoms with van der Waals surface area (Å²) >= 11 is 0. The Kier molecular flexibility index (Phi) is 4.99. The van der Waals surface area contributed by atoms with E-state index >= 15 is 0 Å². The third kappa shape index (κ3) is 3.56. The van der Waals surface area contributed by atoms with Crippen LogP contribution in [-0.2, 0) is 0 Å². The number of hydrogen-bond donors (Lipinski definition) is 4. The topological polar surface area (TPSA) is 114 Å². The van der Waals surface area contributed by atoms with E-state index in [1.165, 1.54) is 6.20 Å². The molecule has 0 aromatic carbocycles. The fourth-order valence-electron chi connectivity index (χ4n) is 3.74. The maximum atomic E-state index is 12.0. The van der Waals surface area contributed by atoms with Gasteiger partial charge in [-0.15, -0.1) is 0 Å². The molecule has 2 heterocycles. The molecule has 3 rings (SSSR count). The summed E-state index contributed by atoms with van der Waals surface area (Å²) < 4.78 is 1.64. The second-order valence-electron chi connectivity index (χ2n) is 7.84. The third-order valence-corrected chi connectivity index (χ3v) is 5.87. The van der Waals surface area contributed by atoms with Crippen molar-refractivity contribution in [1.29, 1.82) is 0 Å². The zero-order chi connectivity index (χ0) is 19.8. The van der Waals surface area contributed by atoms with E-state index in [0.29, 0.717) is 34.9 Å².